The Hall–Kier alpha value is -3.99. The zero-order chi connectivity index (χ0) is 21.5. The van der Waals surface area contributed by atoms with Gasteiger partial charge in [0.15, 0.2) is 0 Å². The number of pyridine rings is 1. The van der Waals surface area contributed by atoms with E-state index in [2.05, 4.69) is 4.98 Å². The normalized spacial score (nSPS) is 10.5. The molecule has 0 bridgehead atoms. The molecule has 1 heterocycles. The van der Waals surface area contributed by atoms with Gasteiger partial charge >= 0.3 is 0 Å². The van der Waals surface area contributed by atoms with Crippen LogP contribution in [0, 0.1) is 0 Å². The van der Waals surface area contributed by atoms with E-state index >= 15 is 0 Å². The van der Waals surface area contributed by atoms with Crippen molar-refractivity contribution in [3.8, 4) is 28.6 Å². The number of methoxy groups -OCH3 is 1. The Morgan fingerprint density at radius 3 is 1.97 bits per heavy atom. The number of rotatable bonds is 8. The lowest BCUT2D eigenvalue weighted by Gasteiger charge is -2.15. The lowest BCUT2D eigenvalue weighted by atomic mass is 10.1. The van der Waals surface area contributed by atoms with Crippen LogP contribution in [0.3, 0.4) is 0 Å². The Morgan fingerprint density at radius 2 is 1.32 bits per heavy atom. The van der Waals surface area contributed by atoms with Crippen molar-refractivity contribution in [3.05, 3.63) is 102 Å². The number of nitrogens with two attached hydrogens (primary N) is 1. The van der Waals surface area contributed by atoms with Gasteiger partial charge in [0.25, 0.3) is 0 Å². The fourth-order valence-electron chi connectivity index (χ4n) is 3.21. The smallest absolute Gasteiger partial charge is 0.225 e. The predicted octanol–water partition coefficient (Wildman–Crippen LogP) is 5.50. The molecule has 0 saturated carbocycles. The van der Waals surface area contributed by atoms with E-state index in [1.807, 2.05) is 84.9 Å². The van der Waals surface area contributed by atoms with E-state index in [1.54, 1.807) is 13.2 Å². The van der Waals surface area contributed by atoms with Gasteiger partial charge in [-0.1, -0.05) is 60.7 Å². The van der Waals surface area contributed by atoms with E-state index in [-0.39, 0.29) is 0 Å². The summed E-state index contributed by atoms with van der Waals surface area (Å²) in [7, 11) is 1.62. The van der Waals surface area contributed by atoms with E-state index in [0.29, 0.717) is 36.4 Å². The van der Waals surface area contributed by atoms with Gasteiger partial charge in [-0.05, 0) is 29.3 Å². The number of nitrogen functional groups attached to an aromatic ring is 1. The molecule has 0 aliphatic carbocycles. The maximum atomic E-state index is 6.12. The highest BCUT2D eigenvalue weighted by Gasteiger charge is 2.15. The summed E-state index contributed by atoms with van der Waals surface area (Å²) < 4.78 is 17.6. The van der Waals surface area contributed by atoms with Crippen LogP contribution >= 0.6 is 0 Å². The first-order valence-electron chi connectivity index (χ1n) is 10.0. The second-order valence-corrected chi connectivity index (χ2v) is 7.01. The first-order valence-corrected chi connectivity index (χ1v) is 10.0. The summed E-state index contributed by atoms with van der Waals surface area (Å²) in [4.78, 5) is 4.65. The molecule has 31 heavy (non-hydrogen) atoms. The maximum absolute atomic E-state index is 6.12. The van der Waals surface area contributed by atoms with Crippen molar-refractivity contribution in [3.63, 3.8) is 0 Å². The summed E-state index contributed by atoms with van der Waals surface area (Å²) in [6.07, 6.45) is 0. The summed E-state index contributed by atoms with van der Waals surface area (Å²) in [5.74, 6) is 1.62. The molecule has 0 unspecified atom stereocenters. The number of benzene rings is 3. The van der Waals surface area contributed by atoms with Crippen LogP contribution in [0.25, 0.3) is 11.1 Å². The van der Waals surface area contributed by atoms with E-state index in [9.17, 15) is 0 Å². The number of aromatic nitrogens is 1. The Kier molecular flexibility index (Phi) is 6.33. The molecule has 3 aromatic carbocycles. The fraction of sp³-hybridized carbons (Fsp3) is 0.115. The molecule has 4 rings (SSSR count). The van der Waals surface area contributed by atoms with Gasteiger partial charge in [0.2, 0.25) is 11.8 Å². The second-order valence-electron chi connectivity index (χ2n) is 7.01. The SMILES string of the molecule is COc1cc(N)ccc1-c1ccc(OCc2ccccc2)nc1OCc1ccccc1. The van der Waals surface area contributed by atoms with Crippen LogP contribution in [-0.2, 0) is 13.2 Å². The molecular weight excluding hydrogens is 388 g/mol. The largest absolute Gasteiger partial charge is 0.496 e. The molecule has 4 aromatic rings. The van der Waals surface area contributed by atoms with Gasteiger partial charge < -0.3 is 19.9 Å². The standard InChI is InChI=1S/C26H24N2O3/c1-29-24-16-21(27)12-13-22(24)23-14-15-25(30-17-19-8-4-2-5-9-19)28-26(23)31-18-20-10-6-3-7-11-20/h2-16H,17-18,27H2,1H3. The zero-order valence-electron chi connectivity index (χ0n) is 17.3. The van der Waals surface area contributed by atoms with Crippen molar-refractivity contribution in [1.82, 2.24) is 4.98 Å². The quantitative estimate of drug-likeness (QED) is 0.387. The summed E-state index contributed by atoms with van der Waals surface area (Å²) in [5.41, 5.74) is 10.3. The van der Waals surface area contributed by atoms with Gasteiger partial charge in [-0.15, -0.1) is 0 Å². The summed E-state index contributed by atoms with van der Waals surface area (Å²) in [6, 6.07) is 29.2. The lowest BCUT2D eigenvalue weighted by molar-refractivity contribution is 0.268. The van der Waals surface area contributed by atoms with Crippen molar-refractivity contribution < 1.29 is 14.2 Å². The maximum Gasteiger partial charge on any atom is 0.225 e. The predicted molar refractivity (Wildman–Crippen MR) is 122 cm³/mol. The molecule has 0 amide bonds. The van der Waals surface area contributed by atoms with Gasteiger partial charge in [-0.2, -0.15) is 4.98 Å². The Bertz CT molecular complexity index is 1130. The van der Waals surface area contributed by atoms with Gasteiger partial charge in [0.1, 0.15) is 19.0 Å². The third-order valence-electron chi connectivity index (χ3n) is 4.80. The fourth-order valence-corrected chi connectivity index (χ4v) is 3.21. The number of ether oxygens (including phenoxy) is 3. The second kappa shape index (κ2) is 9.67. The number of anilines is 1. The Morgan fingerprint density at radius 1 is 0.710 bits per heavy atom. The molecule has 0 spiro atoms. The molecule has 5 heteroatoms. The van der Waals surface area contributed by atoms with E-state index in [0.717, 1.165) is 22.3 Å². The number of nitrogens with zero attached hydrogens (tertiary/aromatic N) is 1. The monoisotopic (exact) mass is 412 g/mol. The van der Waals surface area contributed by atoms with Crippen LogP contribution < -0.4 is 19.9 Å². The minimum Gasteiger partial charge on any atom is -0.496 e. The third kappa shape index (κ3) is 5.14. The number of hydrogen-bond donors (Lipinski definition) is 1. The molecule has 0 aliphatic heterocycles. The van der Waals surface area contributed by atoms with Crippen LogP contribution in [0.2, 0.25) is 0 Å². The number of hydrogen-bond acceptors (Lipinski definition) is 5. The zero-order valence-corrected chi connectivity index (χ0v) is 17.3. The summed E-state index contributed by atoms with van der Waals surface area (Å²) in [5, 5.41) is 0. The van der Waals surface area contributed by atoms with Crippen LogP contribution in [0.1, 0.15) is 11.1 Å². The van der Waals surface area contributed by atoms with E-state index < -0.39 is 0 Å². The first-order chi connectivity index (χ1) is 15.2. The molecule has 0 atom stereocenters. The molecular formula is C26H24N2O3. The Balaban J connectivity index is 1.64. The average molecular weight is 412 g/mol. The van der Waals surface area contributed by atoms with Crippen molar-refractivity contribution in [1.29, 1.82) is 0 Å². The molecule has 0 fully saturated rings. The molecule has 0 saturated heterocycles. The third-order valence-corrected chi connectivity index (χ3v) is 4.80. The molecule has 2 N–H and O–H groups in total. The topological polar surface area (TPSA) is 66.6 Å². The lowest BCUT2D eigenvalue weighted by Crippen LogP contribution is -2.03. The van der Waals surface area contributed by atoms with E-state index in [1.165, 1.54) is 0 Å². The molecule has 5 nitrogen and oxygen atoms in total. The van der Waals surface area contributed by atoms with Crippen molar-refractivity contribution in [2.75, 3.05) is 12.8 Å². The van der Waals surface area contributed by atoms with Crippen LogP contribution in [0.5, 0.6) is 17.5 Å². The average Bonchev–Trinajstić information content (AvgIpc) is 2.83. The van der Waals surface area contributed by atoms with Gasteiger partial charge in [-0.25, -0.2) is 0 Å². The highest BCUT2D eigenvalue weighted by Crippen LogP contribution is 2.38. The highest BCUT2D eigenvalue weighted by atomic mass is 16.5. The van der Waals surface area contributed by atoms with E-state index in [4.69, 9.17) is 19.9 Å². The minimum atomic E-state index is 0.389. The van der Waals surface area contributed by atoms with Gasteiger partial charge in [0.05, 0.1) is 7.11 Å². The molecule has 0 aliphatic rings. The summed E-state index contributed by atoms with van der Waals surface area (Å²) in [6.45, 7) is 0.816. The van der Waals surface area contributed by atoms with Crippen LogP contribution in [0.15, 0.2) is 91.0 Å². The van der Waals surface area contributed by atoms with Crippen LogP contribution in [0.4, 0.5) is 5.69 Å². The summed E-state index contributed by atoms with van der Waals surface area (Å²) >= 11 is 0. The molecule has 156 valence electrons. The van der Waals surface area contributed by atoms with Crippen molar-refractivity contribution >= 4 is 5.69 Å². The first kappa shape index (κ1) is 20.3. The van der Waals surface area contributed by atoms with Crippen molar-refractivity contribution in [2.24, 2.45) is 0 Å². The highest BCUT2D eigenvalue weighted by molar-refractivity contribution is 5.76. The minimum absolute atomic E-state index is 0.389. The van der Waals surface area contributed by atoms with Crippen molar-refractivity contribution in [2.45, 2.75) is 13.2 Å². The molecule has 1 aromatic heterocycles. The van der Waals surface area contributed by atoms with Gasteiger partial charge in [0, 0.05) is 28.9 Å². The Labute approximate surface area is 182 Å². The van der Waals surface area contributed by atoms with Gasteiger partial charge in [-0.3, -0.25) is 0 Å². The molecule has 0 radical (unpaired) electrons. The van der Waals surface area contributed by atoms with Crippen LogP contribution in [-0.4, -0.2) is 12.1 Å².